The third kappa shape index (κ3) is 4.30. The first-order chi connectivity index (χ1) is 13.1. The number of alkyl halides is 3. The standard InChI is InChI=1S/C19H21F3N2O3S/c1-28(26,27)16-7-4-5-13(9-16)17-10-14(19(20,21)22)11-23-18(17)24-8-3-2-6-15(24)12-25/h4-5,7,9-11,15,25H,2-3,6,8,12H2,1H3. The monoisotopic (exact) mass is 414 g/mol. The minimum absolute atomic E-state index is 0.0192. The van der Waals surface area contributed by atoms with Crippen LogP contribution in [0, 0.1) is 0 Å². The minimum atomic E-state index is -4.58. The van der Waals surface area contributed by atoms with Crippen molar-refractivity contribution in [2.75, 3.05) is 24.3 Å². The van der Waals surface area contributed by atoms with Crippen LogP contribution in [0.1, 0.15) is 24.8 Å². The Hall–Kier alpha value is -2.13. The van der Waals surface area contributed by atoms with Gasteiger partial charge in [0.1, 0.15) is 5.82 Å². The van der Waals surface area contributed by atoms with Crippen molar-refractivity contribution in [2.45, 2.75) is 36.4 Å². The molecule has 2 aromatic rings. The van der Waals surface area contributed by atoms with Crippen LogP contribution < -0.4 is 4.90 Å². The fourth-order valence-electron chi connectivity index (χ4n) is 3.42. The molecule has 1 fully saturated rings. The molecule has 0 amide bonds. The number of anilines is 1. The van der Waals surface area contributed by atoms with Gasteiger partial charge in [-0.1, -0.05) is 12.1 Å². The Morgan fingerprint density at radius 2 is 2.00 bits per heavy atom. The SMILES string of the molecule is CS(=O)(=O)c1cccc(-c2cc(C(F)(F)F)cnc2N2CCCCC2CO)c1. The number of halogens is 3. The van der Waals surface area contributed by atoms with Crippen LogP contribution in [0.15, 0.2) is 41.4 Å². The van der Waals surface area contributed by atoms with Gasteiger partial charge in [-0.05, 0) is 43.0 Å². The van der Waals surface area contributed by atoms with Crippen molar-refractivity contribution in [1.29, 1.82) is 0 Å². The third-order valence-electron chi connectivity index (χ3n) is 4.88. The maximum atomic E-state index is 13.3. The average molecular weight is 414 g/mol. The molecule has 1 N–H and O–H groups in total. The van der Waals surface area contributed by atoms with Gasteiger partial charge >= 0.3 is 6.18 Å². The van der Waals surface area contributed by atoms with Gasteiger partial charge in [0.15, 0.2) is 9.84 Å². The summed E-state index contributed by atoms with van der Waals surface area (Å²) in [7, 11) is -3.52. The van der Waals surface area contributed by atoms with Crippen molar-refractivity contribution >= 4 is 15.7 Å². The molecule has 0 saturated carbocycles. The van der Waals surface area contributed by atoms with Crippen LogP contribution in [0.2, 0.25) is 0 Å². The Morgan fingerprint density at radius 3 is 2.64 bits per heavy atom. The van der Waals surface area contributed by atoms with Gasteiger partial charge in [-0.3, -0.25) is 0 Å². The second-order valence-corrected chi connectivity index (χ2v) is 8.93. The Balaban J connectivity index is 2.19. The topological polar surface area (TPSA) is 70.5 Å². The van der Waals surface area contributed by atoms with E-state index in [1.165, 1.54) is 18.2 Å². The van der Waals surface area contributed by atoms with Crippen LogP contribution in [0.3, 0.4) is 0 Å². The first-order valence-electron chi connectivity index (χ1n) is 8.86. The van der Waals surface area contributed by atoms with Gasteiger partial charge in [0, 0.05) is 24.6 Å². The van der Waals surface area contributed by atoms with E-state index in [1.54, 1.807) is 6.07 Å². The molecule has 1 aromatic carbocycles. The number of pyridine rings is 1. The highest BCUT2D eigenvalue weighted by molar-refractivity contribution is 7.90. The van der Waals surface area contributed by atoms with Crippen LogP contribution in [0.5, 0.6) is 0 Å². The Labute approximate surface area is 161 Å². The molecule has 1 aromatic heterocycles. The van der Waals surface area contributed by atoms with Crippen LogP contribution in [-0.2, 0) is 16.0 Å². The molecule has 2 heterocycles. The summed E-state index contributed by atoms with van der Waals surface area (Å²) in [6.45, 7) is 0.424. The van der Waals surface area contributed by atoms with E-state index >= 15 is 0 Å². The zero-order chi connectivity index (χ0) is 20.5. The molecule has 1 aliphatic rings. The first kappa shape index (κ1) is 20.6. The second-order valence-electron chi connectivity index (χ2n) is 6.92. The molecule has 0 aliphatic carbocycles. The number of aliphatic hydroxyl groups excluding tert-OH is 1. The smallest absolute Gasteiger partial charge is 0.394 e. The predicted molar refractivity (Wildman–Crippen MR) is 99.9 cm³/mol. The first-order valence-corrected chi connectivity index (χ1v) is 10.8. The Bertz CT molecular complexity index is 961. The number of rotatable bonds is 4. The maximum Gasteiger partial charge on any atom is 0.417 e. The van der Waals surface area contributed by atoms with Crippen LogP contribution >= 0.6 is 0 Å². The zero-order valence-electron chi connectivity index (χ0n) is 15.3. The van der Waals surface area contributed by atoms with Crippen molar-refractivity contribution in [3.05, 3.63) is 42.1 Å². The molecule has 1 saturated heterocycles. The highest BCUT2D eigenvalue weighted by Crippen LogP contribution is 2.38. The van der Waals surface area contributed by atoms with Gasteiger partial charge in [0.2, 0.25) is 0 Å². The largest absolute Gasteiger partial charge is 0.417 e. The van der Waals surface area contributed by atoms with E-state index in [4.69, 9.17) is 0 Å². The van der Waals surface area contributed by atoms with Gasteiger partial charge in [0.05, 0.1) is 23.1 Å². The summed E-state index contributed by atoms with van der Waals surface area (Å²) in [5.74, 6) is 0.317. The maximum absolute atomic E-state index is 13.3. The van der Waals surface area contributed by atoms with E-state index < -0.39 is 21.6 Å². The van der Waals surface area contributed by atoms with Crippen molar-refractivity contribution in [2.24, 2.45) is 0 Å². The molecule has 0 radical (unpaired) electrons. The van der Waals surface area contributed by atoms with Crippen LogP contribution in [0.4, 0.5) is 19.0 Å². The molecule has 0 bridgehead atoms. The normalized spacial score (nSPS) is 18.3. The summed E-state index contributed by atoms with van der Waals surface area (Å²) in [4.78, 5) is 5.91. The van der Waals surface area contributed by atoms with Crippen molar-refractivity contribution < 1.29 is 26.7 Å². The Kier molecular flexibility index (Phi) is 5.67. The highest BCUT2D eigenvalue weighted by Gasteiger charge is 2.33. The van der Waals surface area contributed by atoms with Crippen LogP contribution in [-0.4, -0.2) is 44.0 Å². The summed E-state index contributed by atoms with van der Waals surface area (Å²) in [6, 6.07) is 6.57. The summed E-state index contributed by atoms with van der Waals surface area (Å²) in [6.07, 6.45) is -0.287. The zero-order valence-corrected chi connectivity index (χ0v) is 16.1. The lowest BCUT2D eigenvalue weighted by molar-refractivity contribution is -0.137. The molecule has 28 heavy (non-hydrogen) atoms. The number of aliphatic hydroxyl groups is 1. The van der Waals surface area contributed by atoms with Gasteiger partial charge < -0.3 is 10.0 Å². The predicted octanol–water partition coefficient (Wildman–Crippen LogP) is 3.52. The summed E-state index contributed by atoms with van der Waals surface area (Å²) >= 11 is 0. The van der Waals surface area contributed by atoms with Gasteiger partial charge in [0.25, 0.3) is 0 Å². The molecule has 3 rings (SSSR count). The van der Waals surface area contributed by atoms with E-state index in [0.29, 0.717) is 24.3 Å². The van der Waals surface area contributed by atoms with Gasteiger partial charge in [-0.25, -0.2) is 13.4 Å². The fraction of sp³-hybridized carbons (Fsp3) is 0.421. The van der Waals surface area contributed by atoms with Crippen molar-refractivity contribution in [3.8, 4) is 11.1 Å². The molecular weight excluding hydrogens is 393 g/mol. The number of nitrogens with zero attached hydrogens (tertiary/aromatic N) is 2. The number of hydrogen-bond acceptors (Lipinski definition) is 5. The molecule has 152 valence electrons. The van der Waals surface area contributed by atoms with Gasteiger partial charge in [-0.2, -0.15) is 13.2 Å². The summed E-state index contributed by atoms with van der Waals surface area (Å²) in [5.41, 5.74) is -0.381. The summed E-state index contributed by atoms with van der Waals surface area (Å²) < 4.78 is 63.6. The van der Waals surface area contributed by atoms with E-state index in [2.05, 4.69) is 4.98 Å². The lowest BCUT2D eigenvalue weighted by Crippen LogP contribution is -2.42. The Morgan fingerprint density at radius 1 is 1.25 bits per heavy atom. The third-order valence-corrected chi connectivity index (χ3v) is 5.99. The second kappa shape index (κ2) is 7.71. The van der Waals surface area contributed by atoms with E-state index in [-0.39, 0.29) is 23.1 Å². The molecule has 1 aliphatic heterocycles. The molecule has 9 heteroatoms. The number of piperidine rings is 1. The van der Waals surface area contributed by atoms with Crippen molar-refractivity contribution in [1.82, 2.24) is 4.98 Å². The summed E-state index contributed by atoms with van der Waals surface area (Å²) in [5, 5.41) is 9.69. The van der Waals surface area contributed by atoms with E-state index in [1.807, 2.05) is 4.90 Å². The number of aromatic nitrogens is 1. The van der Waals surface area contributed by atoms with Crippen molar-refractivity contribution in [3.63, 3.8) is 0 Å². The average Bonchev–Trinajstić information content (AvgIpc) is 2.66. The number of hydrogen-bond donors (Lipinski definition) is 1. The highest BCUT2D eigenvalue weighted by atomic mass is 32.2. The lowest BCUT2D eigenvalue weighted by atomic mass is 9.99. The minimum Gasteiger partial charge on any atom is -0.394 e. The number of sulfone groups is 1. The molecule has 0 spiro atoms. The molecular formula is C19H21F3N2O3S. The molecule has 1 unspecified atom stereocenters. The van der Waals surface area contributed by atoms with Crippen LogP contribution in [0.25, 0.3) is 11.1 Å². The van der Waals surface area contributed by atoms with E-state index in [9.17, 15) is 26.7 Å². The van der Waals surface area contributed by atoms with E-state index in [0.717, 1.165) is 31.4 Å². The fourth-order valence-corrected chi connectivity index (χ4v) is 4.08. The quantitative estimate of drug-likeness (QED) is 0.829. The lowest BCUT2D eigenvalue weighted by Gasteiger charge is -2.37. The molecule has 1 atom stereocenters. The van der Waals surface area contributed by atoms with Gasteiger partial charge in [-0.15, -0.1) is 0 Å². The number of benzene rings is 1. The molecule has 5 nitrogen and oxygen atoms in total.